The number of carbonyl (C=O) groups excluding carboxylic acids is 2. The van der Waals surface area contributed by atoms with Crippen LogP contribution in [0.5, 0.6) is 0 Å². The Hall–Kier alpha value is -2.93. The van der Waals surface area contributed by atoms with Crippen molar-refractivity contribution >= 4 is 23.2 Å². The number of nitrogens with one attached hydrogen (secondary N) is 1. The van der Waals surface area contributed by atoms with Gasteiger partial charge < -0.3 is 14.6 Å². The van der Waals surface area contributed by atoms with Gasteiger partial charge in [0.15, 0.2) is 11.5 Å². The number of rotatable bonds is 6. The van der Waals surface area contributed by atoms with Crippen LogP contribution in [0.1, 0.15) is 27.8 Å². The van der Waals surface area contributed by atoms with Crippen LogP contribution in [0.25, 0.3) is 11.3 Å². The second-order valence-electron chi connectivity index (χ2n) is 5.26. The maximum atomic E-state index is 12.5. The molecule has 0 spiro atoms. The molecule has 128 valence electrons. The second-order valence-corrected chi connectivity index (χ2v) is 6.24. The largest absolute Gasteiger partial charge is 0.469 e. The van der Waals surface area contributed by atoms with Gasteiger partial charge in [0.25, 0.3) is 5.91 Å². The number of hydrogen-bond acceptors (Lipinski definition) is 6. The first-order chi connectivity index (χ1) is 12.2. The lowest BCUT2D eigenvalue weighted by molar-refractivity contribution is -0.141. The Labute approximate surface area is 148 Å². The van der Waals surface area contributed by atoms with E-state index in [-0.39, 0.29) is 12.1 Å². The van der Waals surface area contributed by atoms with Gasteiger partial charge in [-0.05, 0) is 11.4 Å². The van der Waals surface area contributed by atoms with Crippen molar-refractivity contribution in [3.63, 3.8) is 0 Å². The maximum absolute atomic E-state index is 12.5. The molecule has 2 heterocycles. The molecule has 1 unspecified atom stereocenters. The van der Waals surface area contributed by atoms with Gasteiger partial charge in [-0.2, -0.15) is 0 Å². The third-order valence-electron chi connectivity index (χ3n) is 3.59. The number of esters is 1. The molecule has 1 amide bonds. The average Bonchev–Trinajstić information content (AvgIpc) is 3.33. The van der Waals surface area contributed by atoms with Gasteiger partial charge in [-0.15, -0.1) is 11.3 Å². The molecule has 6 nitrogen and oxygen atoms in total. The van der Waals surface area contributed by atoms with E-state index in [2.05, 4.69) is 10.5 Å². The number of nitrogens with zero attached hydrogens (tertiary/aromatic N) is 1. The van der Waals surface area contributed by atoms with Crippen LogP contribution < -0.4 is 5.32 Å². The molecular formula is C18H16N2O4S. The zero-order valence-corrected chi connectivity index (χ0v) is 14.3. The van der Waals surface area contributed by atoms with Gasteiger partial charge >= 0.3 is 5.97 Å². The van der Waals surface area contributed by atoms with E-state index in [1.165, 1.54) is 18.4 Å². The highest BCUT2D eigenvalue weighted by atomic mass is 32.1. The molecular weight excluding hydrogens is 340 g/mol. The monoisotopic (exact) mass is 356 g/mol. The molecule has 0 fully saturated rings. The number of benzene rings is 1. The minimum absolute atomic E-state index is 0.0478. The van der Waals surface area contributed by atoms with E-state index in [1.54, 1.807) is 6.07 Å². The lowest BCUT2D eigenvalue weighted by Crippen LogP contribution is -2.30. The Kier molecular flexibility index (Phi) is 5.25. The SMILES string of the molecule is COC(=O)CC(NC(=O)c1cc(-c2ccccc2)on1)c1cccs1. The van der Waals surface area contributed by atoms with E-state index in [9.17, 15) is 9.59 Å². The van der Waals surface area contributed by atoms with Crippen LogP contribution in [0, 0.1) is 0 Å². The first-order valence-electron chi connectivity index (χ1n) is 7.60. The summed E-state index contributed by atoms with van der Waals surface area (Å²) in [5.74, 6) is -0.302. The average molecular weight is 356 g/mol. The van der Waals surface area contributed by atoms with Gasteiger partial charge in [-0.25, -0.2) is 0 Å². The Morgan fingerprint density at radius 1 is 1.24 bits per heavy atom. The number of ether oxygens (including phenoxy) is 1. The molecule has 3 aromatic rings. The molecule has 3 rings (SSSR count). The fourth-order valence-electron chi connectivity index (χ4n) is 2.32. The lowest BCUT2D eigenvalue weighted by atomic mass is 10.1. The fourth-order valence-corrected chi connectivity index (χ4v) is 3.09. The predicted octanol–water partition coefficient (Wildman–Crippen LogP) is 3.44. The van der Waals surface area contributed by atoms with Crippen molar-refractivity contribution in [2.45, 2.75) is 12.5 Å². The Morgan fingerprint density at radius 3 is 2.72 bits per heavy atom. The molecule has 1 aromatic carbocycles. The van der Waals surface area contributed by atoms with E-state index >= 15 is 0 Å². The van der Waals surface area contributed by atoms with Crippen LogP contribution in [-0.2, 0) is 9.53 Å². The van der Waals surface area contributed by atoms with Gasteiger partial charge in [0.2, 0.25) is 0 Å². The summed E-state index contributed by atoms with van der Waals surface area (Å²) in [6.45, 7) is 0. The van der Waals surface area contributed by atoms with Crippen LogP contribution in [0.4, 0.5) is 0 Å². The maximum Gasteiger partial charge on any atom is 0.307 e. The third kappa shape index (κ3) is 4.13. The predicted molar refractivity (Wildman–Crippen MR) is 93.1 cm³/mol. The number of carbonyl (C=O) groups is 2. The van der Waals surface area contributed by atoms with Gasteiger partial charge in [-0.1, -0.05) is 41.6 Å². The van der Waals surface area contributed by atoms with Crippen molar-refractivity contribution in [2.24, 2.45) is 0 Å². The summed E-state index contributed by atoms with van der Waals surface area (Å²) in [6.07, 6.45) is 0.0478. The third-order valence-corrected chi connectivity index (χ3v) is 4.58. The first kappa shape index (κ1) is 16.9. The zero-order valence-electron chi connectivity index (χ0n) is 13.5. The number of amides is 1. The molecule has 1 N–H and O–H groups in total. The van der Waals surface area contributed by atoms with Crippen molar-refractivity contribution in [1.82, 2.24) is 10.5 Å². The topological polar surface area (TPSA) is 81.4 Å². The second kappa shape index (κ2) is 7.76. The first-order valence-corrected chi connectivity index (χ1v) is 8.48. The van der Waals surface area contributed by atoms with Crippen molar-refractivity contribution in [3.8, 4) is 11.3 Å². The van der Waals surface area contributed by atoms with E-state index < -0.39 is 17.9 Å². The van der Waals surface area contributed by atoms with Crippen molar-refractivity contribution < 1.29 is 18.8 Å². The summed E-state index contributed by atoms with van der Waals surface area (Å²) in [7, 11) is 1.32. The Bertz CT molecular complexity index is 843. The molecule has 2 aromatic heterocycles. The smallest absolute Gasteiger partial charge is 0.307 e. The normalized spacial score (nSPS) is 11.7. The van der Waals surface area contributed by atoms with E-state index in [4.69, 9.17) is 9.26 Å². The molecule has 0 saturated heterocycles. The Morgan fingerprint density at radius 2 is 2.04 bits per heavy atom. The summed E-state index contributed by atoms with van der Waals surface area (Å²) < 4.78 is 9.95. The fraction of sp³-hybridized carbons (Fsp3) is 0.167. The van der Waals surface area contributed by atoms with Gasteiger partial charge in [-0.3, -0.25) is 9.59 Å². The summed E-state index contributed by atoms with van der Waals surface area (Å²) in [5, 5.41) is 8.52. The van der Waals surface area contributed by atoms with Crippen LogP contribution in [-0.4, -0.2) is 24.1 Å². The zero-order chi connectivity index (χ0) is 17.6. The highest BCUT2D eigenvalue weighted by molar-refractivity contribution is 7.10. The molecule has 0 saturated carbocycles. The number of thiophene rings is 1. The summed E-state index contributed by atoms with van der Waals surface area (Å²) >= 11 is 1.46. The van der Waals surface area contributed by atoms with Crippen LogP contribution in [0.2, 0.25) is 0 Å². The molecule has 7 heteroatoms. The molecule has 1 atom stereocenters. The van der Waals surface area contributed by atoms with Crippen LogP contribution in [0.3, 0.4) is 0 Å². The van der Waals surface area contributed by atoms with Crippen molar-refractivity contribution in [1.29, 1.82) is 0 Å². The summed E-state index contributed by atoms with van der Waals surface area (Å²) in [6, 6.07) is 14.2. The molecule has 0 aliphatic carbocycles. The molecule has 25 heavy (non-hydrogen) atoms. The lowest BCUT2D eigenvalue weighted by Gasteiger charge is -2.15. The molecule has 0 aliphatic rings. The highest BCUT2D eigenvalue weighted by Crippen LogP contribution is 2.24. The van der Waals surface area contributed by atoms with Crippen molar-refractivity contribution in [3.05, 3.63) is 64.5 Å². The quantitative estimate of drug-likeness (QED) is 0.684. The van der Waals surface area contributed by atoms with Crippen LogP contribution in [0.15, 0.2) is 58.4 Å². The van der Waals surface area contributed by atoms with Gasteiger partial charge in [0, 0.05) is 16.5 Å². The summed E-state index contributed by atoms with van der Waals surface area (Å²) in [4.78, 5) is 25.0. The minimum Gasteiger partial charge on any atom is -0.469 e. The Balaban J connectivity index is 1.75. The number of hydrogen-bond donors (Lipinski definition) is 1. The highest BCUT2D eigenvalue weighted by Gasteiger charge is 2.22. The van der Waals surface area contributed by atoms with Gasteiger partial charge in [0.1, 0.15) is 0 Å². The van der Waals surface area contributed by atoms with E-state index in [1.807, 2.05) is 47.8 Å². The van der Waals surface area contributed by atoms with E-state index in [0.29, 0.717) is 5.76 Å². The summed E-state index contributed by atoms with van der Waals surface area (Å²) in [5.41, 5.74) is 0.990. The van der Waals surface area contributed by atoms with Crippen LogP contribution >= 0.6 is 11.3 Å². The van der Waals surface area contributed by atoms with Crippen molar-refractivity contribution in [2.75, 3.05) is 7.11 Å². The number of methoxy groups -OCH3 is 1. The molecule has 0 bridgehead atoms. The van der Waals surface area contributed by atoms with Gasteiger partial charge in [0.05, 0.1) is 19.6 Å². The molecule has 0 radical (unpaired) electrons. The minimum atomic E-state index is -0.475. The molecule has 0 aliphatic heterocycles. The standard InChI is InChI=1S/C18H16N2O4S/c1-23-17(21)11-13(16-8-5-9-25-16)19-18(22)14-10-15(24-20-14)12-6-3-2-4-7-12/h2-10,13H,11H2,1H3,(H,19,22). The van der Waals surface area contributed by atoms with E-state index in [0.717, 1.165) is 10.4 Å². The number of aromatic nitrogens is 1.